The molecule has 0 bridgehead atoms. The van der Waals surface area contributed by atoms with Gasteiger partial charge in [-0.3, -0.25) is 4.79 Å². The van der Waals surface area contributed by atoms with E-state index in [9.17, 15) is 10.1 Å². The Morgan fingerprint density at radius 1 is 1.40 bits per heavy atom. The average molecular weight is 402 g/mol. The van der Waals surface area contributed by atoms with Crippen LogP contribution in [0.2, 0.25) is 0 Å². The minimum atomic E-state index is -0.331. The van der Waals surface area contributed by atoms with Crippen LogP contribution >= 0.6 is 15.9 Å². The number of ether oxygens (including phenoxy) is 1. The number of nitrogens with zero attached hydrogens (tertiary/aromatic N) is 2. The van der Waals surface area contributed by atoms with E-state index >= 15 is 0 Å². The molecule has 1 fully saturated rings. The third-order valence-corrected chi connectivity index (χ3v) is 4.97. The van der Waals surface area contributed by atoms with Crippen molar-refractivity contribution in [1.29, 1.82) is 10.5 Å². The lowest BCUT2D eigenvalue weighted by molar-refractivity contribution is -0.118. The molecule has 1 aromatic carbocycles. The molecule has 0 heterocycles. The molecule has 1 amide bonds. The number of carbonyl (C=O) groups excluding carboxylic acids is 1. The number of hydrogen-bond acceptors (Lipinski definition) is 4. The van der Waals surface area contributed by atoms with E-state index < -0.39 is 0 Å². The van der Waals surface area contributed by atoms with Crippen molar-refractivity contribution in [1.82, 2.24) is 5.32 Å². The van der Waals surface area contributed by atoms with Crippen molar-refractivity contribution in [2.24, 2.45) is 5.92 Å². The van der Waals surface area contributed by atoms with Crippen LogP contribution < -0.4 is 10.1 Å². The molecule has 1 saturated carbocycles. The smallest absolute Gasteiger partial charge is 0.262 e. The van der Waals surface area contributed by atoms with Crippen molar-refractivity contribution in [2.45, 2.75) is 38.6 Å². The van der Waals surface area contributed by atoms with Crippen molar-refractivity contribution in [3.8, 4) is 17.9 Å². The first-order valence-corrected chi connectivity index (χ1v) is 9.06. The molecular formula is C19H20BrN3O2. The lowest BCUT2D eigenvalue weighted by Crippen LogP contribution is -2.41. The number of benzene rings is 1. The molecule has 0 radical (unpaired) electrons. The summed E-state index contributed by atoms with van der Waals surface area (Å²) < 4.78 is 5.92. The number of nitrogens with one attached hydrogen (secondary N) is 1. The third kappa shape index (κ3) is 5.34. The first-order valence-electron chi connectivity index (χ1n) is 8.27. The highest BCUT2D eigenvalue weighted by molar-refractivity contribution is 9.10. The van der Waals surface area contributed by atoms with E-state index in [1.165, 1.54) is 6.42 Å². The second-order valence-electron chi connectivity index (χ2n) is 6.15. The van der Waals surface area contributed by atoms with Gasteiger partial charge in [0.25, 0.3) is 5.91 Å². The standard InChI is InChI=1S/C19H20BrN3O2/c1-13-4-2-3-5-17(13)23-19(24)15(12-22)10-14-6-7-18(16(20)11-14)25-9-8-21/h6-7,10-11,13,17H,2-5,9H2,1H3,(H,23,24)/b15-10+/t13-,17+/m0/s1. The second-order valence-corrected chi connectivity index (χ2v) is 7.00. The summed E-state index contributed by atoms with van der Waals surface area (Å²) in [6, 6.07) is 9.21. The molecule has 1 aliphatic rings. The molecule has 25 heavy (non-hydrogen) atoms. The summed E-state index contributed by atoms with van der Waals surface area (Å²) in [6.45, 7) is 2.09. The molecule has 0 spiro atoms. The summed E-state index contributed by atoms with van der Waals surface area (Å²) in [5.74, 6) is 0.642. The lowest BCUT2D eigenvalue weighted by atomic mass is 9.86. The number of carbonyl (C=O) groups is 1. The molecule has 6 heteroatoms. The Bertz CT molecular complexity index is 746. The molecule has 1 N–H and O–H groups in total. The third-order valence-electron chi connectivity index (χ3n) is 4.35. The van der Waals surface area contributed by atoms with Gasteiger partial charge in [-0.05, 0) is 58.5 Å². The Balaban J connectivity index is 2.11. The summed E-state index contributed by atoms with van der Waals surface area (Å²) in [5, 5.41) is 20.9. The highest BCUT2D eigenvalue weighted by Crippen LogP contribution is 2.27. The van der Waals surface area contributed by atoms with Gasteiger partial charge in [0, 0.05) is 6.04 Å². The largest absolute Gasteiger partial charge is 0.478 e. The Morgan fingerprint density at radius 2 is 2.16 bits per heavy atom. The van der Waals surface area contributed by atoms with Crippen LogP contribution in [0.3, 0.4) is 0 Å². The maximum absolute atomic E-state index is 12.4. The van der Waals surface area contributed by atoms with Crippen molar-refractivity contribution in [3.63, 3.8) is 0 Å². The van der Waals surface area contributed by atoms with E-state index in [1.54, 1.807) is 24.3 Å². The van der Waals surface area contributed by atoms with Crippen LogP contribution in [-0.4, -0.2) is 18.6 Å². The Hall–Kier alpha value is -2.31. The van der Waals surface area contributed by atoms with Crippen molar-refractivity contribution >= 4 is 27.9 Å². The fourth-order valence-electron chi connectivity index (χ4n) is 2.93. The highest BCUT2D eigenvalue weighted by Gasteiger charge is 2.24. The first kappa shape index (κ1) is 19.0. The summed E-state index contributed by atoms with van der Waals surface area (Å²) in [5.41, 5.74) is 0.787. The van der Waals surface area contributed by atoms with Crippen LogP contribution in [0.4, 0.5) is 0 Å². The van der Waals surface area contributed by atoms with Crippen LogP contribution in [-0.2, 0) is 4.79 Å². The van der Waals surface area contributed by atoms with Gasteiger partial charge in [0.05, 0.1) is 4.47 Å². The molecule has 0 aromatic heterocycles. The monoisotopic (exact) mass is 401 g/mol. The quantitative estimate of drug-likeness (QED) is 0.597. The zero-order chi connectivity index (χ0) is 18.2. The number of halogens is 1. The van der Waals surface area contributed by atoms with Gasteiger partial charge >= 0.3 is 0 Å². The first-order chi connectivity index (χ1) is 12.0. The van der Waals surface area contributed by atoms with E-state index in [1.807, 2.05) is 12.1 Å². The van der Waals surface area contributed by atoms with Gasteiger partial charge in [-0.15, -0.1) is 0 Å². The Morgan fingerprint density at radius 3 is 2.80 bits per heavy atom. The zero-order valence-electron chi connectivity index (χ0n) is 14.1. The normalized spacial score (nSPS) is 20.2. The maximum atomic E-state index is 12.4. The Labute approximate surface area is 156 Å². The molecule has 0 saturated heterocycles. The van der Waals surface area contributed by atoms with Crippen LogP contribution in [0.15, 0.2) is 28.2 Å². The molecule has 5 nitrogen and oxygen atoms in total. The number of rotatable bonds is 5. The van der Waals surface area contributed by atoms with Gasteiger partial charge < -0.3 is 10.1 Å². The van der Waals surface area contributed by atoms with Gasteiger partial charge in [0.15, 0.2) is 6.61 Å². The minimum absolute atomic E-state index is 0.0425. The second kappa shape index (κ2) is 9.25. The highest BCUT2D eigenvalue weighted by atomic mass is 79.9. The molecule has 1 aromatic rings. The Kier molecular flexibility index (Phi) is 7.03. The van der Waals surface area contributed by atoms with Crippen molar-refractivity contribution in [2.75, 3.05) is 6.61 Å². The number of hydrogen-bond donors (Lipinski definition) is 1. The molecule has 2 atom stereocenters. The van der Waals surface area contributed by atoms with E-state index in [0.29, 0.717) is 21.7 Å². The molecule has 0 unspecified atom stereocenters. The van der Waals surface area contributed by atoms with E-state index in [-0.39, 0.29) is 24.1 Å². The fraction of sp³-hybridized carbons (Fsp3) is 0.421. The van der Waals surface area contributed by atoms with Crippen LogP contribution in [0.5, 0.6) is 5.75 Å². The van der Waals surface area contributed by atoms with Gasteiger partial charge in [-0.2, -0.15) is 10.5 Å². The van der Waals surface area contributed by atoms with Crippen LogP contribution in [0.25, 0.3) is 6.08 Å². The SMILES string of the molecule is C[C@H]1CCCC[C@H]1NC(=O)/C(C#N)=C/c1ccc(OCC#N)c(Br)c1. The number of amides is 1. The van der Waals surface area contributed by atoms with E-state index in [2.05, 4.69) is 28.2 Å². The molecule has 0 aliphatic heterocycles. The molecule has 1 aliphatic carbocycles. The number of nitriles is 2. The predicted octanol–water partition coefficient (Wildman–Crippen LogP) is 3.95. The van der Waals surface area contributed by atoms with E-state index in [4.69, 9.17) is 10.00 Å². The summed E-state index contributed by atoms with van der Waals surface area (Å²) in [7, 11) is 0. The zero-order valence-corrected chi connectivity index (χ0v) is 15.7. The van der Waals surface area contributed by atoms with E-state index in [0.717, 1.165) is 19.3 Å². The molecular weight excluding hydrogens is 382 g/mol. The fourth-order valence-corrected chi connectivity index (χ4v) is 3.44. The van der Waals surface area contributed by atoms with Crippen LogP contribution in [0.1, 0.15) is 38.2 Å². The average Bonchev–Trinajstić information content (AvgIpc) is 2.60. The molecule has 2 rings (SSSR count). The summed E-state index contributed by atoms with van der Waals surface area (Å²) in [4.78, 5) is 12.4. The van der Waals surface area contributed by atoms with Gasteiger partial charge in [0.1, 0.15) is 23.5 Å². The molecule has 130 valence electrons. The van der Waals surface area contributed by atoms with Crippen molar-refractivity contribution < 1.29 is 9.53 Å². The summed E-state index contributed by atoms with van der Waals surface area (Å²) >= 11 is 3.37. The topological polar surface area (TPSA) is 85.9 Å². The van der Waals surface area contributed by atoms with Crippen LogP contribution in [0, 0.1) is 28.6 Å². The van der Waals surface area contributed by atoms with Gasteiger partial charge in [-0.25, -0.2) is 0 Å². The van der Waals surface area contributed by atoms with Gasteiger partial charge in [0.2, 0.25) is 0 Å². The lowest BCUT2D eigenvalue weighted by Gasteiger charge is -2.29. The summed E-state index contributed by atoms with van der Waals surface area (Å²) in [6.07, 6.45) is 5.93. The minimum Gasteiger partial charge on any atom is -0.478 e. The maximum Gasteiger partial charge on any atom is 0.262 e. The van der Waals surface area contributed by atoms with Gasteiger partial charge in [-0.1, -0.05) is 25.8 Å². The predicted molar refractivity (Wildman–Crippen MR) is 98.4 cm³/mol. The van der Waals surface area contributed by atoms with Crippen molar-refractivity contribution in [3.05, 3.63) is 33.8 Å².